The van der Waals surface area contributed by atoms with Crippen molar-refractivity contribution >= 4 is 66.3 Å². The van der Waals surface area contributed by atoms with E-state index in [-0.39, 0.29) is 48.9 Å². The summed E-state index contributed by atoms with van der Waals surface area (Å²) in [6.45, 7) is 0. The molecule has 0 bridgehead atoms. The molecule has 40 valence electrons. The Morgan fingerprint density at radius 2 is 1.00 bits per heavy atom. The Labute approximate surface area is 84.0 Å². The van der Waals surface area contributed by atoms with Gasteiger partial charge in [0.2, 0.25) is 0 Å². The number of hydrogen-bond acceptors (Lipinski definition) is 4. The Morgan fingerprint density at radius 1 is 1.00 bits per heavy atom. The van der Waals surface area contributed by atoms with E-state index < -0.39 is 17.4 Å². The molecular formula is H4BaO4P2. The molecule has 0 aromatic carbocycles. The molecule has 0 aliphatic carbocycles. The van der Waals surface area contributed by atoms with Crippen LogP contribution in [-0.4, -0.2) is 48.9 Å². The van der Waals surface area contributed by atoms with E-state index in [4.69, 9.17) is 18.9 Å². The van der Waals surface area contributed by atoms with Gasteiger partial charge in [-0.15, -0.1) is 0 Å². The second-order valence-corrected chi connectivity index (χ2v) is 0.577. The molecule has 0 aromatic rings. The predicted octanol–water partition coefficient (Wildman–Crippen LogP) is -2.34. The van der Waals surface area contributed by atoms with E-state index in [0.29, 0.717) is 0 Å². The van der Waals surface area contributed by atoms with Crippen molar-refractivity contribution in [2.45, 2.75) is 0 Å². The molecule has 0 rings (SSSR count). The van der Waals surface area contributed by atoms with E-state index in [9.17, 15) is 0 Å². The van der Waals surface area contributed by atoms with E-state index in [0.717, 1.165) is 0 Å². The maximum absolute atomic E-state index is 8.46. The number of hydrogen-bond donors (Lipinski definition) is 0. The molecule has 0 aliphatic rings. The normalized spacial score (nSPS) is 8.29. The van der Waals surface area contributed by atoms with Crippen LogP contribution >= 0.6 is 17.4 Å². The van der Waals surface area contributed by atoms with Gasteiger partial charge < -0.3 is 18.9 Å². The average molecular weight is 267 g/mol. The van der Waals surface area contributed by atoms with Gasteiger partial charge in [0, 0.05) is 0 Å². The van der Waals surface area contributed by atoms with Gasteiger partial charge in [0.25, 0.3) is 0 Å². The van der Waals surface area contributed by atoms with Crippen LogP contribution in [0, 0.1) is 0 Å². The van der Waals surface area contributed by atoms with E-state index in [1.807, 2.05) is 0 Å². The Kier molecular flexibility index (Phi) is 56.2. The third-order valence-corrected chi connectivity index (χ3v) is 0. The summed E-state index contributed by atoms with van der Waals surface area (Å²) in [4.78, 5) is 16.9. The van der Waals surface area contributed by atoms with E-state index in [2.05, 4.69) is 0 Å². The molecule has 2 unspecified atom stereocenters. The van der Waals surface area contributed by atoms with Crippen LogP contribution in [0.25, 0.3) is 0 Å². The van der Waals surface area contributed by atoms with Crippen molar-refractivity contribution < 1.29 is 18.9 Å². The maximum atomic E-state index is 8.46. The topological polar surface area (TPSA) is 80.3 Å². The first-order chi connectivity index (χ1) is 2.83. The van der Waals surface area contributed by atoms with Gasteiger partial charge in [0.15, 0.2) is 0 Å². The first-order valence-corrected chi connectivity index (χ1v) is 2.83. The van der Waals surface area contributed by atoms with E-state index in [1.165, 1.54) is 0 Å². The summed E-state index contributed by atoms with van der Waals surface area (Å²) in [6, 6.07) is 0. The molecule has 4 nitrogen and oxygen atoms in total. The molecule has 7 heteroatoms. The van der Waals surface area contributed by atoms with E-state index >= 15 is 0 Å². The summed E-state index contributed by atoms with van der Waals surface area (Å²) >= 11 is 0. The van der Waals surface area contributed by atoms with Crippen molar-refractivity contribution in [3.05, 3.63) is 0 Å². The largest absolute Gasteiger partial charge is 2.00 e. The van der Waals surface area contributed by atoms with Crippen LogP contribution in [0.4, 0.5) is 0 Å². The van der Waals surface area contributed by atoms with Gasteiger partial charge in [0.1, 0.15) is 0 Å². The number of rotatable bonds is 0. The molecule has 0 N–H and O–H groups in total. The van der Waals surface area contributed by atoms with Gasteiger partial charge in [-0.25, -0.2) is 0 Å². The van der Waals surface area contributed by atoms with Crippen LogP contribution in [-0.2, 0) is 9.13 Å². The van der Waals surface area contributed by atoms with Crippen molar-refractivity contribution in [3.63, 3.8) is 0 Å². The fourth-order valence-corrected chi connectivity index (χ4v) is 0. The van der Waals surface area contributed by atoms with Gasteiger partial charge in [-0.3, -0.25) is 0 Å². The monoisotopic (exact) mass is 268 g/mol. The summed E-state index contributed by atoms with van der Waals surface area (Å²) in [5.74, 6) is 0. The SMILES string of the molecule is O=[PH2][O-].O=[PH2][O-].[Ba+2]. The van der Waals surface area contributed by atoms with Crippen molar-refractivity contribution in [2.24, 2.45) is 0 Å². The van der Waals surface area contributed by atoms with Crippen molar-refractivity contribution in [1.29, 1.82) is 0 Å². The van der Waals surface area contributed by atoms with Gasteiger partial charge in [0.05, 0.1) is 0 Å². The Morgan fingerprint density at radius 3 is 1.00 bits per heavy atom. The van der Waals surface area contributed by atoms with Crippen LogP contribution in [0.5, 0.6) is 0 Å². The summed E-state index contributed by atoms with van der Waals surface area (Å²) < 4.78 is 16.9. The molecule has 0 saturated carbocycles. The minimum absolute atomic E-state index is 0. The van der Waals surface area contributed by atoms with Crippen molar-refractivity contribution in [1.82, 2.24) is 0 Å². The molecule has 0 spiro atoms. The Bertz CT molecular complexity index is 30.7. The zero-order valence-electron chi connectivity index (χ0n) is 3.49. The van der Waals surface area contributed by atoms with Gasteiger partial charge in [-0.1, -0.05) is 0 Å². The average Bonchev–Trinajstić information content (AvgIpc) is 1.39. The fraction of sp³-hybridized carbons (Fsp3) is 0. The molecule has 0 heterocycles. The summed E-state index contributed by atoms with van der Waals surface area (Å²) in [5.41, 5.74) is 0. The molecule has 0 aromatic heterocycles. The molecule has 7 heavy (non-hydrogen) atoms. The molecule has 0 amide bonds. The van der Waals surface area contributed by atoms with Crippen LogP contribution in [0.3, 0.4) is 0 Å². The zero-order valence-corrected chi connectivity index (χ0v) is 10.2. The zero-order chi connectivity index (χ0) is 5.41. The van der Waals surface area contributed by atoms with Crippen LogP contribution in [0.1, 0.15) is 0 Å². The molecule has 0 fully saturated rings. The maximum Gasteiger partial charge on any atom is 2.00 e. The minimum Gasteiger partial charge on any atom is -0.804 e. The minimum atomic E-state index is -1.75. The fourth-order valence-electron chi connectivity index (χ4n) is 0. The second-order valence-electron chi connectivity index (χ2n) is 0.192. The quantitative estimate of drug-likeness (QED) is 0.364. The van der Waals surface area contributed by atoms with Crippen LogP contribution < -0.4 is 9.79 Å². The summed E-state index contributed by atoms with van der Waals surface area (Å²) in [7, 11) is -3.50. The van der Waals surface area contributed by atoms with Gasteiger partial charge in [-0.05, 0) is 17.4 Å². The Hall–Kier alpha value is 1.95. The first kappa shape index (κ1) is 16.0. The van der Waals surface area contributed by atoms with Crippen molar-refractivity contribution in [3.8, 4) is 0 Å². The van der Waals surface area contributed by atoms with Gasteiger partial charge in [-0.2, -0.15) is 0 Å². The first-order valence-electron chi connectivity index (χ1n) is 0.943. The second kappa shape index (κ2) is 24.6. The molecule has 2 atom stereocenters. The Balaban J connectivity index is -0.0000000400. The molecule has 0 radical (unpaired) electrons. The van der Waals surface area contributed by atoms with Crippen LogP contribution in [0.2, 0.25) is 0 Å². The van der Waals surface area contributed by atoms with Crippen LogP contribution in [0.15, 0.2) is 0 Å². The van der Waals surface area contributed by atoms with Gasteiger partial charge >= 0.3 is 48.9 Å². The predicted molar refractivity (Wildman–Crippen MR) is 26.5 cm³/mol. The summed E-state index contributed by atoms with van der Waals surface area (Å²) in [6.07, 6.45) is 0. The summed E-state index contributed by atoms with van der Waals surface area (Å²) in [5, 5.41) is 0. The standard InChI is InChI=1S/Ba.2H3O2P/c;2*1-3-2/h;2*3H2,(H,1,2)/q+2;;/p-2. The smallest absolute Gasteiger partial charge is 0.804 e. The molecule has 0 aliphatic heterocycles. The third-order valence-electron chi connectivity index (χ3n) is 0. The van der Waals surface area contributed by atoms with Crippen molar-refractivity contribution in [2.75, 3.05) is 0 Å². The van der Waals surface area contributed by atoms with E-state index in [1.54, 1.807) is 0 Å². The third kappa shape index (κ3) is 74.0. The molecule has 0 saturated heterocycles. The molecular weight excluding hydrogens is 263 g/mol.